The second-order valence-corrected chi connectivity index (χ2v) is 6.80. The Kier molecular flexibility index (Phi) is 8.38. The largest absolute Gasteiger partial charge is 0.481 e. The maximum absolute atomic E-state index is 11.7. The standard InChI is InChI=1S/C12H23NO5S/c1-3-4-5-9-19(17,18)10-11(14)13(2)8-6-7-12(15)16/h3-10H2,1-2H3,(H,15,16). The number of carboxylic acid groups (broad SMARTS) is 1. The van der Waals surface area contributed by atoms with Crippen LogP contribution in [-0.4, -0.2) is 55.4 Å². The molecule has 7 heteroatoms. The highest BCUT2D eigenvalue weighted by molar-refractivity contribution is 7.92. The van der Waals surface area contributed by atoms with Gasteiger partial charge in [0.25, 0.3) is 0 Å². The van der Waals surface area contributed by atoms with Gasteiger partial charge in [0.2, 0.25) is 5.91 Å². The molecular weight excluding hydrogens is 270 g/mol. The molecule has 0 aliphatic carbocycles. The minimum Gasteiger partial charge on any atom is -0.481 e. The van der Waals surface area contributed by atoms with E-state index in [9.17, 15) is 18.0 Å². The molecule has 0 aromatic carbocycles. The highest BCUT2D eigenvalue weighted by Gasteiger charge is 2.19. The molecule has 0 aromatic rings. The van der Waals surface area contributed by atoms with Crippen LogP contribution in [0.15, 0.2) is 0 Å². The van der Waals surface area contributed by atoms with E-state index in [0.29, 0.717) is 12.8 Å². The lowest BCUT2D eigenvalue weighted by molar-refractivity contribution is -0.137. The summed E-state index contributed by atoms with van der Waals surface area (Å²) in [7, 11) is -1.86. The van der Waals surface area contributed by atoms with Crippen LogP contribution in [0.2, 0.25) is 0 Å². The first-order valence-corrected chi connectivity index (χ1v) is 8.27. The number of amides is 1. The van der Waals surface area contributed by atoms with Crippen LogP contribution in [0.4, 0.5) is 0 Å². The summed E-state index contributed by atoms with van der Waals surface area (Å²) in [6.07, 6.45) is 2.64. The summed E-state index contributed by atoms with van der Waals surface area (Å²) in [5, 5.41) is 8.47. The zero-order valence-electron chi connectivity index (χ0n) is 11.6. The lowest BCUT2D eigenvalue weighted by Gasteiger charge is -2.16. The van der Waals surface area contributed by atoms with Gasteiger partial charge >= 0.3 is 5.97 Å². The van der Waals surface area contributed by atoms with Crippen molar-refractivity contribution in [2.75, 3.05) is 25.1 Å². The molecule has 112 valence electrons. The molecule has 1 amide bonds. The zero-order chi connectivity index (χ0) is 14.9. The Bertz CT molecular complexity index is 391. The molecule has 1 N–H and O–H groups in total. The third-order valence-corrected chi connectivity index (χ3v) is 4.31. The van der Waals surface area contributed by atoms with Gasteiger partial charge in [-0.1, -0.05) is 19.8 Å². The molecule has 0 aliphatic heterocycles. The first kappa shape index (κ1) is 17.9. The van der Waals surface area contributed by atoms with E-state index in [1.54, 1.807) is 0 Å². The Balaban J connectivity index is 4.09. The Labute approximate surface area is 114 Å². The molecule has 0 aromatic heterocycles. The summed E-state index contributed by atoms with van der Waals surface area (Å²) in [6.45, 7) is 2.24. The highest BCUT2D eigenvalue weighted by atomic mass is 32.2. The molecule has 0 fully saturated rings. The third kappa shape index (κ3) is 9.47. The predicted molar refractivity (Wildman–Crippen MR) is 72.7 cm³/mol. The van der Waals surface area contributed by atoms with E-state index in [2.05, 4.69) is 0 Å². The highest BCUT2D eigenvalue weighted by Crippen LogP contribution is 2.02. The minimum absolute atomic E-state index is 0.0269. The molecule has 0 radical (unpaired) electrons. The minimum atomic E-state index is -3.35. The average molecular weight is 293 g/mol. The zero-order valence-corrected chi connectivity index (χ0v) is 12.4. The summed E-state index contributed by atoms with van der Waals surface area (Å²) in [5.74, 6) is -1.84. The lowest BCUT2D eigenvalue weighted by atomic mass is 10.3. The first-order valence-electron chi connectivity index (χ1n) is 6.44. The van der Waals surface area contributed by atoms with Gasteiger partial charge in [0.05, 0.1) is 5.75 Å². The van der Waals surface area contributed by atoms with E-state index in [1.165, 1.54) is 11.9 Å². The summed E-state index contributed by atoms with van der Waals surface area (Å²) >= 11 is 0. The molecular formula is C12H23NO5S. The van der Waals surface area contributed by atoms with Gasteiger partial charge in [-0.15, -0.1) is 0 Å². The maximum Gasteiger partial charge on any atom is 0.303 e. The van der Waals surface area contributed by atoms with E-state index in [0.717, 1.165) is 12.8 Å². The number of hydrogen-bond donors (Lipinski definition) is 1. The van der Waals surface area contributed by atoms with E-state index in [4.69, 9.17) is 5.11 Å². The van der Waals surface area contributed by atoms with Gasteiger partial charge in [0, 0.05) is 20.0 Å². The number of carboxylic acids is 1. The predicted octanol–water partition coefficient (Wildman–Crippen LogP) is 0.915. The maximum atomic E-state index is 11.7. The Morgan fingerprint density at radius 3 is 2.32 bits per heavy atom. The summed E-state index contributed by atoms with van der Waals surface area (Å²) in [4.78, 5) is 23.3. The molecule has 0 unspecified atom stereocenters. The van der Waals surface area contributed by atoms with Crippen molar-refractivity contribution >= 4 is 21.7 Å². The van der Waals surface area contributed by atoms with E-state index in [-0.39, 0.29) is 18.7 Å². The smallest absolute Gasteiger partial charge is 0.303 e. The summed E-state index contributed by atoms with van der Waals surface area (Å²) in [5.41, 5.74) is 0. The quantitative estimate of drug-likeness (QED) is 0.605. The monoisotopic (exact) mass is 293 g/mol. The van der Waals surface area contributed by atoms with Gasteiger partial charge in [-0.3, -0.25) is 9.59 Å². The molecule has 0 rings (SSSR count). The van der Waals surface area contributed by atoms with Gasteiger partial charge < -0.3 is 10.0 Å². The SMILES string of the molecule is CCCCCS(=O)(=O)CC(=O)N(C)CCCC(=O)O. The first-order chi connectivity index (χ1) is 8.78. The van der Waals surface area contributed by atoms with Crippen LogP contribution in [0.3, 0.4) is 0 Å². The van der Waals surface area contributed by atoms with Crippen molar-refractivity contribution < 1.29 is 23.1 Å². The number of unbranched alkanes of at least 4 members (excludes halogenated alkanes) is 2. The third-order valence-electron chi connectivity index (χ3n) is 2.71. The van der Waals surface area contributed by atoms with E-state index >= 15 is 0 Å². The Morgan fingerprint density at radius 2 is 1.79 bits per heavy atom. The average Bonchev–Trinajstić information content (AvgIpc) is 2.27. The molecule has 0 aliphatic rings. The molecule has 0 saturated carbocycles. The molecule has 0 heterocycles. The van der Waals surface area contributed by atoms with Crippen molar-refractivity contribution in [2.45, 2.75) is 39.0 Å². The fourth-order valence-corrected chi connectivity index (χ4v) is 2.92. The molecule has 6 nitrogen and oxygen atoms in total. The van der Waals surface area contributed by atoms with Crippen LogP contribution in [0.25, 0.3) is 0 Å². The second kappa shape index (κ2) is 8.90. The molecule has 0 spiro atoms. The van der Waals surface area contributed by atoms with Gasteiger partial charge in [-0.2, -0.15) is 0 Å². The van der Waals surface area contributed by atoms with Crippen LogP contribution in [0.1, 0.15) is 39.0 Å². The van der Waals surface area contributed by atoms with Crippen LogP contribution in [-0.2, 0) is 19.4 Å². The number of hydrogen-bond acceptors (Lipinski definition) is 4. The van der Waals surface area contributed by atoms with Crippen molar-refractivity contribution in [1.82, 2.24) is 4.90 Å². The van der Waals surface area contributed by atoms with Crippen molar-refractivity contribution in [3.05, 3.63) is 0 Å². The van der Waals surface area contributed by atoms with Crippen LogP contribution in [0, 0.1) is 0 Å². The topological polar surface area (TPSA) is 91.8 Å². The van der Waals surface area contributed by atoms with Crippen LogP contribution >= 0.6 is 0 Å². The van der Waals surface area contributed by atoms with Gasteiger partial charge in [-0.05, 0) is 12.8 Å². The molecule has 0 bridgehead atoms. The number of carbonyl (C=O) groups is 2. The van der Waals surface area contributed by atoms with Gasteiger partial charge in [-0.25, -0.2) is 8.42 Å². The number of nitrogens with zero attached hydrogens (tertiary/aromatic N) is 1. The summed E-state index contributed by atoms with van der Waals surface area (Å²) < 4.78 is 23.3. The van der Waals surface area contributed by atoms with E-state index in [1.807, 2.05) is 6.92 Å². The lowest BCUT2D eigenvalue weighted by Crippen LogP contribution is -2.34. The normalized spacial score (nSPS) is 11.3. The van der Waals surface area contributed by atoms with E-state index < -0.39 is 27.5 Å². The number of aliphatic carboxylic acids is 1. The van der Waals surface area contributed by atoms with Crippen molar-refractivity contribution in [3.63, 3.8) is 0 Å². The summed E-state index contributed by atoms with van der Waals surface area (Å²) in [6, 6.07) is 0. The van der Waals surface area contributed by atoms with Crippen molar-refractivity contribution in [1.29, 1.82) is 0 Å². The molecule has 19 heavy (non-hydrogen) atoms. The molecule has 0 saturated heterocycles. The molecule has 0 atom stereocenters. The Morgan fingerprint density at radius 1 is 1.16 bits per heavy atom. The second-order valence-electron chi connectivity index (χ2n) is 4.61. The van der Waals surface area contributed by atoms with Gasteiger partial charge in [0.15, 0.2) is 9.84 Å². The Hall–Kier alpha value is -1.11. The van der Waals surface area contributed by atoms with Crippen molar-refractivity contribution in [3.8, 4) is 0 Å². The van der Waals surface area contributed by atoms with Crippen molar-refractivity contribution in [2.24, 2.45) is 0 Å². The fraction of sp³-hybridized carbons (Fsp3) is 0.833. The van der Waals surface area contributed by atoms with Crippen LogP contribution < -0.4 is 0 Å². The number of carbonyl (C=O) groups excluding carboxylic acids is 1. The number of rotatable bonds is 10. The van der Waals surface area contributed by atoms with Gasteiger partial charge in [0.1, 0.15) is 5.75 Å². The fourth-order valence-electron chi connectivity index (χ4n) is 1.53. The van der Waals surface area contributed by atoms with Crippen LogP contribution in [0.5, 0.6) is 0 Å². The number of sulfone groups is 1.